The van der Waals surface area contributed by atoms with Gasteiger partial charge in [-0.15, -0.1) is 0 Å². The van der Waals surface area contributed by atoms with Crippen molar-refractivity contribution in [3.8, 4) is 0 Å². The first kappa shape index (κ1) is 14.5. The van der Waals surface area contributed by atoms with Crippen molar-refractivity contribution in [3.63, 3.8) is 0 Å². The van der Waals surface area contributed by atoms with Crippen LogP contribution in [-0.2, 0) is 9.53 Å². The summed E-state index contributed by atoms with van der Waals surface area (Å²) in [4.78, 5) is 23.7. The number of alkyl carbamates (subject to hydrolysis) is 1. The zero-order valence-corrected chi connectivity index (χ0v) is 10.5. The number of nitrogens with one attached hydrogen (secondary N) is 1. The van der Waals surface area contributed by atoms with Crippen molar-refractivity contribution in [2.75, 3.05) is 20.6 Å². The lowest BCUT2D eigenvalue weighted by Crippen LogP contribution is -2.32. The fourth-order valence-electron chi connectivity index (χ4n) is 0.765. The highest BCUT2D eigenvalue weighted by molar-refractivity contribution is 5.87. The number of rotatable bonds is 3. The summed E-state index contributed by atoms with van der Waals surface area (Å²) in [5.74, 6) is -0.119. The molecule has 0 aliphatic heterocycles. The molecule has 0 aliphatic rings. The van der Waals surface area contributed by atoms with Crippen LogP contribution in [0, 0.1) is 0 Å². The Labute approximate surface area is 96.4 Å². The lowest BCUT2D eigenvalue weighted by molar-refractivity contribution is -0.123. The number of hydrogen-bond donors (Lipinski definition) is 1. The maximum absolute atomic E-state index is 11.2. The lowest BCUT2D eigenvalue weighted by atomic mass is 10.2. The first-order chi connectivity index (χ1) is 7.22. The standard InChI is InChI=1S/C11H20N2O3/c1-11(2,3)16-10(15)12-8-6-7-9(14)13(4)5/h6-7H,8H2,1-5H3,(H,12,15)/b7-6+. The molecule has 0 fully saturated rings. The number of nitrogens with zero attached hydrogens (tertiary/aromatic N) is 1. The van der Waals surface area contributed by atoms with Gasteiger partial charge in [-0.3, -0.25) is 4.79 Å². The summed E-state index contributed by atoms with van der Waals surface area (Å²) in [6, 6.07) is 0. The van der Waals surface area contributed by atoms with Gasteiger partial charge in [0.05, 0.1) is 0 Å². The molecule has 92 valence electrons. The van der Waals surface area contributed by atoms with Crippen LogP contribution in [0.5, 0.6) is 0 Å². The second kappa shape index (κ2) is 6.15. The van der Waals surface area contributed by atoms with Crippen molar-refractivity contribution in [1.29, 1.82) is 0 Å². The fourth-order valence-corrected chi connectivity index (χ4v) is 0.765. The van der Waals surface area contributed by atoms with Crippen molar-refractivity contribution in [1.82, 2.24) is 10.2 Å². The molecule has 0 atom stereocenters. The van der Waals surface area contributed by atoms with Gasteiger partial charge >= 0.3 is 6.09 Å². The topological polar surface area (TPSA) is 58.6 Å². The Morgan fingerprint density at radius 3 is 2.31 bits per heavy atom. The van der Waals surface area contributed by atoms with Crippen LogP contribution in [0.2, 0.25) is 0 Å². The summed E-state index contributed by atoms with van der Waals surface area (Å²) >= 11 is 0. The molecule has 1 N–H and O–H groups in total. The smallest absolute Gasteiger partial charge is 0.407 e. The van der Waals surface area contributed by atoms with Gasteiger partial charge in [-0.05, 0) is 20.8 Å². The number of likely N-dealkylation sites (N-methyl/N-ethyl adjacent to an activating group) is 1. The Balaban J connectivity index is 3.83. The minimum atomic E-state index is -0.507. The maximum atomic E-state index is 11.2. The van der Waals surface area contributed by atoms with Gasteiger partial charge in [0, 0.05) is 26.7 Å². The summed E-state index contributed by atoms with van der Waals surface area (Å²) < 4.78 is 5.01. The van der Waals surface area contributed by atoms with Crippen LogP contribution in [-0.4, -0.2) is 43.1 Å². The molecule has 0 aromatic heterocycles. The Kier molecular flexibility index (Phi) is 5.56. The molecular weight excluding hydrogens is 208 g/mol. The second-order valence-corrected chi connectivity index (χ2v) is 4.52. The van der Waals surface area contributed by atoms with Crippen LogP contribution < -0.4 is 5.32 Å². The number of hydrogen-bond acceptors (Lipinski definition) is 3. The van der Waals surface area contributed by atoms with Gasteiger partial charge in [-0.1, -0.05) is 6.08 Å². The maximum Gasteiger partial charge on any atom is 0.407 e. The molecule has 5 nitrogen and oxygen atoms in total. The van der Waals surface area contributed by atoms with Gasteiger partial charge in [0.15, 0.2) is 0 Å². The number of carbonyl (C=O) groups excluding carboxylic acids is 2. The van der Waals surface area contributed by atoms with Gasteiger partial charge in [0.1, 0.15) is 5.60 Å². The predicted molar refractivity (Wildman–Crippen MR) is 62.1 cm³/mol. The van der Waals surface area contributed by atoms with Crippen molar-refractivity contribution < 1.29 is 14.3 Å². The summed E-state index contributed by atoms with van der Waals surface area (Å²) in [5, 5.41) is 2.51. The molecule has 0 unspecified atom stereocenters. The number of amides is 2. The lowest BCUT2D eigenvalue weighted by Gasteiger charge is -2.19. The second-order valence-electron chi connectivity index (χ2n) is 4.52. The quantitative estimate of drug-likeness (QED) is 0.737. The number of carbonyl (C=O) groups is 2. The minimum Gasteiger partial charge on any atom is -0.444 e. The van der Waals surface area contributed by atoms with Crippen LogP contribution in [0.15, 0.2) is 12.2 Å². The van der Waals surface area contributed by atoms with Crippen LogP contribution >= 0.6 is 0 Å². The zero-order chi connectivity index (χ0) is 12.8. The van der Waals surface area contributed by atoms with E-state index < -0.39 is 11.7 Å². The third kappa shape index (κ3) is 7.84. The van der Waals surface area contributed by atoms with Crippen LogP contribution in [0.1, 0.15) is 20.8 Å². The SMILES string of the molecule is CN(C)C(=O)/C=C/CNC(=O)OC(C)(C)C. The van der Waals surface area contributed by atoms with Crippen LogP contribution in [0.4, 0.5) is 4.79 Å². The first-order valence-electron chi connectivity index (χ1n) is 5.07. The van der Waals surface area contributed by atoms with E-state index in [2.05, 4.69) is 5.32 Å². The Hall–Kier alpha value is -1.52. The molecule has 16 heavy (non-hydrogen) atoms. The van der Waals surface area contributed by atoms with Crippen molar-refractivity contribution in [3.05, 3.63) is 12.2 Å². The highest BCUT2D eigenvalue weighted by atomic mass is 16.6. The van der Waals surface area contributed by atoms with Crippen LogP contribution in [0.3, 0.4) is 0 Å². The van der Waals surface area contributed by atoms with Gasteiger partial charge in [-0.2, -0.15) is 0 Å². The summed E-state index contributed by atoms with van der Waals surface area (Å²) in [6.07, 6.45) is 2.48. The van der Waals surface area contributed by atoms with E-state index in [1.165, 1.54) is 11.0 Å². The molecule has 5 heteroatoms. The van der Waals surface area contributed by atoms with E-state index in [1.54, 1.807) is 40.9 Å². The molecular formula is C11H20N2O3. The van der Waals surface area contributed by atoms with Gasteiger partial charge in [0.25, 0.3) is 0 Å². The average molecular weight is 228 g/mol. The van der Waals surface area contributed by atoms with E-state index in [-0.39, 0.29) is 12.5 Å². The van der Waals surface area contributed by atoms with E-state index in [0.29, 0.717) is 0 Å². The Morgan fingerprint density at radius 1 is 1.31 bits per heavy atom. The molecule has 0 heterocycles. The molecule has 0 spiro atoms. The molecule has 0 saturated carbocycles. The number of ether oxygens (including phenoxy) is 1. The molecule has 0 aliphatic carbocycles. The highest BCUT2D eigenvalue weighted by Gasteiger charge is 2.14. The largest absolute Gasteiger partial charge is 0.444 e. The zero-order valence-electron chi connectivity index (χ0n) is 10.5. The first-order valence-corrected chi connectivity index (χ1v) is 5.07. The van der Waals surface area contributed by atoms with E-state index in [0.717, 1.165) is 0 Å². The molecule has 0 radical (unpaired) electrons. The third-order valence-corrected chi connectivity index (χ3v) is 1.46. The molecule has 0 bridgehead atoms. The predicted octanol–water partition coefficient (Wildman–Crippen LogP) is 1.16. The van der Waals surface area contributed by atoms with Crippen LogP contribution in [0.25, 0.3) is 0 Å². The van der Waals surface area contributed by atoms with Crippen molar-refractivity contribution in [2.45, 2.75) is 26.4 Å². The average Bonchev–Trinajstić information content (AvgIpc) is 2.08. The summed E-state index contributed by atoms with van der Waals surface area (Å²) in [5.41, 5.74) is -0.507. The van der Waals surface area contributed by atoms with Crippen molar-refractivity contribution >= 4 is 12.0 Å². The fraction of sp³-hybridized carbons (Fsp3) is 0.636. The van der Waals surface area contributed by atoms with Crippen molar-refractivity contribution in [2.24, 2.45) is 0 Å². The summed E-state index contributed by atoms with van der Waals surface area (Å²) in [7, 11) is 3.32. The monoisotopic (exact) mass is 228 g/mol. The van der Waals surface area contributed by atoms with Gasteiger partial charge < -0.3 is 15.0 Å². The summed E-state index contributed by atoms with van der Waals surface area (Å²) in [6.45, 7) is 5.64. The molecule has 0 aromatic carbocycles. The molecule has 0 saturated heterocycles. The molecule has 2 amide bonds. The van der Waals surface area contributed by atoms with E-state index in [1.807, 2.05) is 0 Å². The highest BCUT2D eigenvalue weighted by Crippen LogP contribution is 2.05. The Morgan fingerprint density at radius 2 is 1.88 bits per heavy atom. The third-order valence-electron chi connectivity index (χ3n) is 1.46. The van der Waals surface area contributed by atoms with Gasteiger partial charge in [-0.25, -0.2) is 4.79 Å². The van der Waals surface area contributed by atoms with E-state index in [9.17, 15) is 9.59 Å². The van der Waals surface area contributed by atoms with E-state index >= 15 is 0 Å². The molecule has 0 rings (SSSR count). The van der Waals surface area contributed by atoms with E-state index in [4.69, 9.17) is 4.74 Å². The Bertz CT molecular complexity index is 277. The van der Waals surface area contributed by atoms with Gasteiger partial charge in [0.2, 0.25) is 5.91 Å². The molecule has 0 aromatic rings. The normalized spacial score (nSPS) is 11.3. The minimum absolute atomic E-state index is 0.119.